The van der Waals surface area contributed by atoms with Gasteiger partial charge in [0.1, 0.15) is 17.6 Å². The third kappa shape index (κ3) is 2.96. The molecule has 0 saturated carbocycles. The lowest BCUT2D eigenvalue weighted by Crippen LogP contribution is -2.07. The van der Waals surface area contributed by atoms with Crippen molar-refractivity contribution in [3.05, 3.63) is 45.4 Å². The highest BCUT2D eigenvalue weighted by Gasteiger charge is 2.21. The first-order chi connectivity index (χ1) is 9.90. The number of aromatic nitrogens is 3. The van der Waals surface area contributed by atoms with E-state index in [1.807, 2.05) is 14.0 Å². The number of nitrogens with zero attached hydrogens (tertiary/aromatic N) is 4. The van der Waals surface area contributed by atoms with Crippen LogP contribution in [0.3, 0.4) is 0 Å². The summed E-state index contributed by atoms with van der Waals surface area (Å²) in [7, 11) is 1.81. The summed E-state index contributed by atoms with van der Waals surface area (Å²) in [5.74, 6) is -1.12. The molecule has 0 aliphatic heterocycles. The number of pyridine rings is 1. The van der Waals surface area contributed by atoms with Crippen LogP contribution in [0.2, 0.25) is 0 Å². The molecule has 9 nitrogen and oxygen atoms in total. The van der Waals surface area contributed by atoms with E-state index in [4.69, 9.17) is 5.11 Å². The SMILES string of the molecule is Cc1c(CNc2cc(C(=O)O)c([N+](=O)[O-])cn2)cnn1C. The van der Waals surface area contributed by atoms with Crippen molar-refractivity contribution in [3.63, 3.8) is 0 Å². The summed E-state index contributed by atoms with van der Waals surface area (Å²) in [6.07, 6.45) is 2.62. The second-order valence-electron chi connectivity index (χ2n) is 4.38. The smallest absolute Gasteiger partial charge is 0.342 e. The molecule has 0 amide bonds. The Kier molecular flexibility index (Phi) is 3.83. The predicted octanol–water partition coefficient (Wildman–Crippen LogP) is 1.34. The van der Waals surface area contributed by atoms with Crippen molar-refractivity contribution >= 4 is 17.5 Å². The number of carboxylic acids is 1. The maximum absolute atomic E-state index is 11.0. The van der Waals surface area contributed by atoms with Gasteiger partial charge in [0.05, 0.1) is 11.1 Å². The van der Waals surface area contributed by atoms with Gasteiger partial charge < -0.3 is 10.4 Å². The standard InChI is InChI=1S/C12H13N5O4/c1-7-8(5-15-16(7)2)4-13-11-3-9(12(18)19)10(6-14-11)17(20)21/h3,5-6H,4H2,1-2H3,(H,13,14)(H,18,19). The molecule has 0 saturated heterocycles. The van der Waals surface area contributed by atoms with E-state index >= 15 is 0 Å². The van der Waals surface area contributed by atoms with Gasteiger partial charge in [0.25, 0.3) is 0 Å². The highest BCUT2D eigenvalue weighted by Crippen LogP contribution is 2.20. The average molecular weight is 291 g/mol. The summed E-state index contributed by atoms with van der Waals surface area (Å²) in [5.41, 5.74) is 0.948. The fraction of sp³-hybridized carbons (Fsp3) is 0.250. The lowest BCUT2D eigenvalue weighted by molar-refractivity contribution is -0.385. The Labute approximate surface area is 119 Å². The van der Waals surface area contributed by atoms with E-state index in [1.165, 1.54) is 0 Å². The molecule has 0 spiro atoms. The van der Waals surface area contributed by atoms with Crippen molar-refractivity contribution in [3.8, 4) is 0 Å². The van der Waals surface area contributed by atoms with Gasteiger partial charge in [-0.1, -0.05) is 0 Å². The molecule has 0 fully saturated rings. The Morgan fingerprint density at radius 3 is 2.76 bits per heavy atom. The zero-order chi connectivity index (χ0) is 15.6. The summed E-state index contributed by atoms with van der Waals surface area (Å²) < 4.78 is 1.71. The van der Waals surface area contributed by atoms with Crippen LogP contribution in [0.5, 0.6) is 0 Å². The van der Waals surface area contributed by atoms with E-state index in [9.17, 15) is 14.9 Å². The lowest BCUT2D eigenvalue weighted by Gasteiger charge is -2.06. The molecular formula is C12H13N5O4. The van der Waals surface area contributed by atoms with Gasteiger partial charge in [-0.15, -0.1) is 0 Å². The van der Waals surface area contributed by atoms with Gasteiger partial charge in [0.2, 0.25) is 0 Å². The Bertz CT molecular complexity index is 710. The van der Waals surface area contributed by atoms with E-state index in [2.05, 4.69) is 15.4 Å². The number of nitrogens with one attached hydrogen (secondary N) is 1. The van der Waals surface area contributed by atoms with Crippen LogP contribution in [0, 0.1) is 17.0 Å². The first-order valence-electron chi connectivity index (χ1n) is 5.99. The second kappa shape index (κ2) is 5.57. The van der Waals surface area contributed by atoms with Crippen molar-refractivity contribution in [1.82, 2.24) is 14.8 Å². The Balaban J connectivity index is 2.21. The van der Waals surface area contributed by atoms with Crippen LogP contribution in [-0.4, -0.2) is 30.8 Å². The van der Waals surface area contributed by atoms with E-state index < -0.39 is 22.1 Å². The molecule has 2 heterocycles. The van der Waals surface area contributed by atoms with Crippen molar-refractivity contribution < 1.29 is 14.8 Å². The Hall–Kier alpha value is -2.97. The minimum absolute atomic E-state index is 0.251. The fourth-order valence-electron chi connectivity index (χ4n) is 1.77. The van der Waals surface area contributed by atoms with Crippen molar-refractivity contribution in [2.24, 2.45) is 7.05 Å². The van der Waals surface area contributed by atoms with Gasteiger partial charge in [-0.05, 0) is 6.92 Å². The molecule has 2 aromatic rings. The molecule has 0 unspecified atom stereocenters. The number of aryl methyl sites for hydroxylation is 1. The number of carbonyl (C=O) groups is 1. The molecule has 110 valence electrons. The molecule has 0 bridgehead atoms. The summed E-state index contributed by atoms with van der Waals surface area (Å²) in [6.45, 7) is 2.29. The maximum atomic E-state index is 11.0. The van der Waals surface area contributed by atoms with Gasteiger partial charge in [-0.3, -0.25) is 14.8 Å². The summed E-state index contributed by atoms with van der Waals surface area (Å²) >= 11 is 0. The molecular weight excluding hydrogens is 278 g/mol. The van der Waals surface area contributed by atoms with Gasteiger partial charge in [0, 0.05) is 30.9 Å². The van der Waals surface area contributed by atoms with Crippen LogP contribution < -0.4 is 5.32 Å². The molecule has 2 aromatic heterocycles. The molecule has 0 atom stereocenters. The fourth-order valence-corrected chi connectivity index (χ4v) is 1.77. The van der Waals surface area contributed by atoms with Gasteiger partial charge >= 0.3 is 11.7 Å². The number of aromatic carboxylic acids is 1. The molecule has 0 aliphatic rings. The van der Waals surface area contributed by atoms with Crippen LogP contribution in [-0.2, 0) is 13.6 Å². The Morgan fingerprint density at radius 2 is 2.24 bits per heavy atom. The van der Waals surface area contributed by atoms with Gasteiger partial charge in [0.15, 0.2) is 0 Å². The highest BCUT2D eigenvalue weighted by atomic mass is 16.6. The van der Waals surface area contributed by atoms with Crippen LogP contribution in [0.25, 0.3) is 0 Å². The van der Waals surface area contributed by atoms with E-state index in [0.717, 1.165) is 23.5 Å². The first-order valence-corrected chi connectivity index (χ1v) is 5.99. The second-order valence-corrected chi connectivity index (χ2v) is 4.38. The van der Waals surface area contributed by atoms with E-state index in [-0.39, 0.29) is 5.82 Å². The zero-order valence-electron chi connectivity index (χ0n) is 11.4. The largest absolute Gasteiger partial charge is 0.477 e. The third-order valence-corrected chi connectivity index (χ3v) is 3.11. The van der Waals surface area contributed by atoms with Crippen molar-refractivity contribution in [2.75, 3.05) is 5.32 Å². The van der Waals surface area contributed by atoms with Crippen LogP contribution >= 0.6 is 0 Å². The molecule has 2 rings (SSSR count). The monoisotopic (exact) mass is 291 g/mol. The molecule has 2 N–H and O–H groups in total. The van der Waals surface area contributed by atoms with Crippen molar-refractivity contribution in [1.29, 1.82) is 0 Å². The Morgan fingerprint density at radius 1 is 1.52 bits per heavy atom. The molecule has 21 heavy (non-hydrogen) atoms. The zero-order valence-corrected chi connectivity index (χ0v) is 11.4. The van der Waals surface area contributed by atoms with Gasteiger partial charge in [-0.25, -0.2) is 9.78 Å². The summed E-state index contributed by atoms with van der Waals surface area (Å²) in [6, 6.07) is 1.15. The van der Waals surface area contributed by atoms with Crippen molar-refractivity contribution in [2.45, 2.75) is 13.5 Å². The normalized spacial score (nSPS) is 10.4. The first kappa shape index (κ1) is 14.4. The molecule has 0 radical (unpaired) electrons. The minimum Gasteiger partial charge on any atom is -0.477 e. The number of hydrogen-bond acceptors (Lipinski definition) is 6. The number of rotatable bonds is 5. The van der Waals surface area contributed by atoms with Gasteiger partial charge in [-0.2, -0.15) is 5.10 Å². The quantitative estimate of drug-likeness (QED) is 0.629. The topological polar surface area (TPSA) is 123 Å². The molecule has 0 aromatic carbocycles. The van der Waals surface area contributed by atoms with Crippen LogP contribution in [0.4, 0.5) is 11.5 Å². The molecule has 9 heteroatoms. The van der Waals surface area contributed by atoms with E-state index in [0.29, 0.717) is 6.54 Å². The average Bonchev–Trinajstić information content (AvgIpc) is 2.76. The predicted molar refractivity (Wildman–Crippen MR) is 73.1 cm³/mol. The highest BCUT2D eigenvalue weighted by molar-refractivity contribution is 5.93. The lowest BCUT2D eigenvalue weighted by atomic mass is 10.2. The number of hydrogen-bond donors (Lipinski definition) is 2. The summed E-state index contributed by atoms with van der Waals surface area (Å²) in [5, 5.41) is 26.7. The summed E-state index contributed by atoms with van der Waals surface area (Å²) in [4.78, 5) is 24.9. The maximum Gasteiger partial charge on any atom is 0.342 e. The van der Waals surface area contributed by atoms with Crippen LogP contribution in [0.1, 0.15) is 21.6 Å². The molecule has 0 aliphatic carbocycles. The van der Waals surface area contributed by atoms with E-state index in [1.54, 1.807) is 10.9 Å². The minimum atomic E-state index is -1.37. The third-order valence-electron chi connectivity index (χ3n) is 3.11. The number of nitro groups is 1. The number of anilines is 1. The number of carboxylic acid groups (broad SMARTS) is 1. The van der Waals surface area contributed by atoms with Crippen LogP contribution in [0.15, 0.2) is 18.5 Å².